The Hall–Kier alpha value is -2.13. The molecule has 29 heavy (non-hydrogen) atoms. The molecule has 0 spiro atoms. The molecule has 0 radical (unpaired) electrons. The summed E-state index contributed by atoms with van der Waals surface area (Å²) in [5, 5.41) is 4.26. The van der Waals surface area contributed by atoms with Gasteiger partial charge in [0.05, 0.1) is 11.3 Å². The predicted molar refractivity (Wildman–Crippen MR) is 120 cm³/mol. The molecule has 0 aliphatic carbocycles. The molecule has 2 aromatic carbocycles. The Kier molecular flexibility index (Phi) is 5.52. The second-order valence-electron chi connectivity index (χ2n) is 6.89. The number of anilines is 2. The molecule has 0 bridgehead atoms. The molecule has 0 saturated carbocycles. The lowest BCUT2D eigenvalue weighted by Crippen LogP contribution is -2.48. The van der Waals surface area contributed by atoms with Crippen LogP contribution in [0.4, 0.5) is 11.4 Å². The first-order chi connectivity index (χ1) is 13.8. The maximum Gasteiger partial charge on any atom is 0.267 e. The summed E-state index contributed by atoms with van der Waals surface area (Å²) < 4.78 is 25.7. The van der Waals surface area contributed by atoms with E-state index in [1.165, 1.54) is 21.9 Å². The predicted octanol–water partition coefficient (Wildman–Crippen LogP) is 3.89. The molecule has 1 aliphatic rings. The fourth-order valence-corrected chi connectivity index (χ4v) is 5.62. The summed E-state index contributed by atoms with van der Waals surface area (Å²) in [5.41, 5.74) is 1.68. The van der Waals surface area contributed by atoms with Gasteiger partial charge < -0.3 is 10.2 Å². The monoisotopic (exact) mass is 449 g/mol. The van der Waals surface area contributed by atoms with Crippen molar-refractivity contribution in [2.45, 2.75) is 0 Å². The van der Waals surface area contributed by atoms with Gasteiger partial charge in [0.15, 0.2) is 0 Å². The third kappa shape index (κ3) is 4.25. The van der Waals surface area contributed by atoms with Gasteiger partial charge in [-0.3, -0.25) is 4.79 Å². The van der Waals surface area contributed by atoms with Crippen LogP contribution in [0.15, 0.2) is 48.5 Å². The number of fused-ring (bicyclic) bond motifs is 1. The largest absolute Gasteiger partial charge is 0.369 e. The summed E-state index contributed by atoms with van der Waals surface area (Å²) in [6.07, 6.45) is 1.24. The van der Waals surface area contributed by atoms with Crippen molar-refractivity contribution in [2.24, 2.45) is 0 Å². The van der Waals surface area contributed by atoms with E-state index in [9.17, 15) is 13.2 Å². The summed E-state index contributed by atoms with van der Waals surface area (Å²) in [6, 6.07) is 15.2. The number of hydrogen-bond donors (Lipinski definition) is 1. The van der Waals surface area contributed by atoms with Gasteiger partial charge in [0.1, 0.15) is 4.88 Å². The minimum atomic E-state index is -3.14. The molecule has 4 rings (SSSR count). The number of sulfonamides is 1. The summed E-state index contributed by atoms with van der Waals surface area (Å²) in [5.74, 6) is -0.231. The van der Waals surface area contributed by atoms with E-state index in [0.717, 1.165) is 15.8 Å². The Morgan fingerprint density at radius 3 is 2.31 bits per heavy atom. The normalized spacial score (nSPS) is 15.6. The molecule has 0 atom stereocenters. The van der Waals surface area contributed by atoms with E-state index in [-0.39, 0.29) is 5.91 Å². The van der Waals surface area contributed by atoms with Crippen LogP contribution in [0.3, 0.4) is 0 Å². The van der Waals surface area contributed by atoms with Crippen molar-refractivity contribution < 1.29 is 13.2 Å². The number of halogens is 1. The average molecular weight is 450 g/mol. The molecule has 152 valence electrons. The Bertz CT molecular complexity index is 1150. The van der Waals surface area contributed by atoms with Crippen molar-refractivity contribution in [3.8, 4) is 0 Å². The van der Waals surface area contributed by atoms with Crippen LogP contribution < -0.4 is 10.2 Å². The number of thiophene rings is 1. The topological polar surface area (TPSA) is 69.7 Å². The summed E-state index contributed by atoms with van der Waals surface area (Å²) in [4.78, 5) is 15.3. The molecule has 0 unspecified atom stereocenters. The standard InChI is InChI=1S/C20H20ClN3O3S2/c1-29(26,27)24-12-10-23(11-13-24)15-8-6-14(7-9-15)22-20(25)19-18(21)16-4-2-3-5-17(16)28-19/h2-9H,10-13H2,1H3,(H,22,25). The van der Waals surface area contributed by atoms with Crippen molar-refractivity contribution in [3.05, 3.63) is 58.4 Å². The average Bonchev–Trinajstić information content (AvgIpc) is 3.05. The first kappa shape index (κ1) is 20.2. The van der Waals surface area contributed by atoms with E-state index in [0.29, 0.717) is 41.8 Å². The summed E-state index contributed by atoms with van der Waals surface area (Å²) in [6.45, 7) is 2.22. The van der Waals surface area contributed by atoms with Crippen LogP contribution in [0, 0.1) is 0 Å². The molecule has 1 N–H and O–H groups in total. The smallest absolute Gasteiger partial charge is 0.267 e. The third-order valence-corrected chi connectivity index (χ3v) is 7.92. The number of nitrogens with zero attached hydrogens (tertiary/aromatic N) is 2. The quantitative estimate of drug-likeness (QED) is 0.656. The van der Waals surface area contributed by atoms with Crippen LogP contribution in [0.2, 0.25) is 5.02 Å². The Morgan fingerprint density at radius 1 is 1.03 bits per heavy atom. The van der Waals surface area contributed by atoms with Gasteiger partial charge in [-0.1, -0.05) is 29.8 Å². The van der Waals surface area contributed by atoms with Gasteiger partial charge in [0.25, 0.3) is 5.91 Å². The van der Waals surface area contributed by atoms with Gasteiger partial charge >= 0.3 is 0 Å². The van der Waals surface area contributed by atoms with Crippen molar-refractivity contribution >= 4 is 60.3 Å². The number of nitrogens with one attached hydrogen (secondary N) is 1. The minimum Gasteiger partial charge on any atom is -0.369 e. The van der Waals surface area contributed by atoms with E-state index >= 15 is 0 Å². The molecule has 9 heteroatoms. The third-order valence-electron chi connectivity index (χ3n) is 4.94. The van der Waals surface area contributed by atoms with Crippen LogP contribution in [0.5, 0.6) is 0 Å². The molecule has 1 fully saturated rings. The van der Waals surface area contributed by atoms with E-state index < -0.39 is 10.0 Å². The zero-order valence-corrected chi connectivity index (χ0v) is 18.1. The fraction of sp³-hybridized carbons (Fsp3) is 0.250. The van der Waals surface area contributed by atoms with Gasteiger partial charge in [-0.2, -0.15) is 4.31 Å². The Balaban J connectivity index is 1.43. The number of benzene rings is 2. The fourth-order valence-electron chi connectivity index (χ4n) is 3.38. The lowest BCUT2D eigenvalue weighted by Gasteiger charge is -2.34. The van der Waals surface area contributed by atoms with E-state index in [2.05, 4.69) is 10.2 Å². The van der Waals surface area contributed by atoms with Crippen molar-refractivity contribution in [1.29, 1.82) is 0 Å². The van der Waals surface area contributed by atoms with E-state index in [1.54, 1.807) is 0 Å². The number of hydrogen-bond acceptors (Lipinski definition) is 5. The molecule has 1 saturated heterocycles. The number of carbonyl (C=O) groups is 1. The zero-order valence-electron chi connectivity index (χ0n) is 15.8. The van der Waals surface area contributed by atoms with E-state index in [4.69, 9.17) is 11.6 Å². The number of amides is 1. The van der Waals surface area contributed by atoms with Crippen LogP contribution in [0.1, 0.15) is 9.67 Å². The lowest BCUT2D eigenvalue weighted by atomic mass is 10.2. The molecule has 3 aromatic rings. The van der Waals surface area contributed by atoms with Gasteiger partial charge in [-0.25, -0.2) is 8.42 Å². The highest BCUT2D eigenvalue weighted by molar-refractivity contribution is 7.88. The molecular formula is C20H20ClN3O3S2. The molecule has 1 aliphatic heterocycles. The SMILES string of the molecule is CS(=O)(=O)N1CCN(c2ccc(NC(=O)c3sc4ccccc4c3Cl)cc2)CC1. The van der Waals surface area contributed by atoms with Gasteiger partial charge in [-0.05, 0) is 30.3 Å². The highest BCUT2D eigenvalue weighted by Gasteiger charge is 2.23. The maximum atomic E-state index is 12.7. The molecule has 1 aromatic heterocycles. The first-order valence-corrected chi connectivity index (χ1v) is 12.2. The maximum absolute atomic E-state index is 12.7. The molecule has 6 nitrogen and oxygen atoms in total. The number of rotatable bonds is 4. The highest BCUT2D eigenvalue weighted by Crippen LogP contribution is 2.35. The minimum absolute atomic E-state index is 0.231. The zero-order chi connectivity index (χ0) is 20.6. The van der Waals surface area contributed by atoms with Gasteiger partial charge in [-0.15, -0.1) is 11.3 Å². The lowest BCUT2D eigenvalue weighted by molar-refractivity contribution is 0.103. The van der Waals surface area contributed by atoms with Crippen LogP contribution in [-0.4, -0.2) is 51.1 Å². The molecule has 2 heterocycles. The van der Waals surface area contributed by atoms with Crippen molar-refractivity contribution in [2.75, 3.05) is 42.7 Å². The number of piperazine rings is 1. The van der Waals surface area contributed by atoms with Gasteiger partial charge in [0, 0.05) is 47.6 Å². The highest BCUT2D eigenvalue weighted by atomic mass is 35.5. The van der Waals surface area contributed by atoms with Crippen molar-refractivity contribution in [3.63, 3.8) is 0 Å². The van der Waals surface area contributed by atoms with Gasteiger partial charge in [0.2, 0.25) is 10.0 Å². The Labute approximate surface area is 178 Å². The second kappa shape index (κ2) is 7.95. The Morgan fingerprint density at radius 2 is 1.69 bits per heavy atom. The van der Waals surface area contributed by atoms with Crippen LogP contribution in [-0.2, 0) is 10.0 Å². The number of carbonyl (C=O) groups excluding carboxylic acids is 1. The molecule has 1 amide bonds. The van der Waals surface area contributed by atoms with E-state index in [1.807, 2.05) is 48.5 Å². The summed E-state index contributed by atoms with van der Waals surface area (Å²) in [7, 11) is -3.14. The first-order valence-electron chi connectivity index (χ1n) is 9.11. The van der Waals surface area contributed by atoms with Crippen LogP contribution >= 0.6 is 22.9 Å². The van der Waals surface area contributed by atoms with Crippen LogP contribution in [0.25, 0.3) is 10.1 Å². The second-order valence-corrected chi connectivity index (χ2v) is 10.3. The molecular weight excluding hydrogens is 430 g/mol. The van der Waals surface area contributed by atoms with Crippen molar-refractivity contribution in [1.82, 2.24) is 4.31 Å². The summed E-state index contributed by atoms with van der Waals surface area (Å²) >= 11 is 7.76.